The minimum atomic E-state index is -3.90. The highest BCUT2D eigenvalue weighted by atomic mass is 32.2. The van der Waals surface area contributed by atoms with E-state index in [4.69, 9.17) is 14.2 Å². The van der Waals surface area contributed by atoms with Gasteiger partial charge in [-0.25, -0.2) is 8.42 Å². The molecular weight excluding hydrogens is 384 g/mol. The second-order valence-corrected chi connectivity index (χ2v) is 7.80. The summed E-state index contributed by atoms with van der Waals surface area (Å²) in [5.41, 5.74) is 0.478. The van der Waals surface area contributed by atoms with Crippen molar-refractivity contribution < 1.29 is 27.4 Å². The molecule has 2 aromatic carbocycles. The third kappa shape index (κ3) is 4.93. The molecule has 0 unspecified atom stereocenters. The van der Waals surface area contributed by atoms with Gasteiger partial charge in [-0.3, -0.25) is 4.79 Å². The van der Waals surface area contributed by atoms with E-state index in [0.717, 1.165) is 4.31 Å². The second kappa shape index (κ2) is 9.43. The Bertz CT molecular complexity index is 930. The molecule has 0 saturated heterocycles. The zero-order valence-electron chi connectivity index (χ0n) is 16.3. The quantitative estimate of drug-likeness (QED) is 0.685. The van der Waals surface area contributed by atoms with E-state index in [2.05, 4.69) is 5.32 Å². The lowest BCUT2D eigenvalue weighted by molar-refractivity contribution is -0.116. The van der Waals surface area contributed by atoms with Gasteiger partial charge in [-0.1, -0.05) is 12.1 Å². The molecule has 0 atom stereocenters. The number of carbonyl (C=O) groups excluding carboxylic acids is 1. The molecule has 8 nitrogen and oxygen atoms in total. The Labute approximate surface area is 165 Å². The molecule has 9 heteroatoms. The van der Waals surface area contributed by atoms with E-state index in [1.165, 1.54) is 39.5 Å². The average molecular weight is 408 g/mol. The van der Waals surface area contributed by atoms with Crippen molar-refractivity contribution in [1.29, 1.82) is 0 Å². The molecule has 0 aliphatic rings. The van der Waals surface area contributed by atoms with Crippen LogP contribution in [0.4, 0.5) is 5.69 Å². The van der Waals surface area contributed by atoms with Crippen LogP contribution in [-0.2, 0) is 14.8 Å². The first-order chi connectivity index (χ1) is 13.3. The molecule has 0 saturated carbocycles. The lowest BCUT2D eigenvalue weighted by Gasteiger charge is -2.18. The molecule has 0 bridgehead atoms. The third-order valence-electron chi connectivity index (χ3n) is 3.89. The highest BCUT2D eigenvalue weighted by molar-refractivity contribution is 7.89. The Kier molecular flexibility index (Phi) is 7.24. The first kappa shape index (κ1) is 21.5. The molecule has 0 spiro atoms. The summed E-state index contributed by atoms with van der Waals surface area (Å²) < 4.78 is 42.2. The number of rotatable bonds is 9. The van der Waals surface area contributed by atoms with Crippen LogP contribution in [0.5, 0.6) is 17.2 Å². The van der Waals surface area contributed by atoms with Crippen LogP contribution >= 0.6 is 0 Å². The van der Waals surface area contributed by atoms with Crippen molar-refractivity contribution in [3.05, 3.63) is 42.5 Å². The molecule has 1 amide bonds. The van der Waals surface area contributed by atoms with Gasteiger partial charge in [0, 0.05) is 13.1 Å². The van der Waals surface area contributed by atoms with Crippen molar-refractivity contribution in [2.75, 3.05) is 39.7 Å². The number of hydrogen-bond donors (Lipinski definition) is 1. The molecule has 152 valence electrons. The molecule has 2 rings (SSSR count). The fraction of sp³-hybridized carbons (Fsp3) is 0.316. The number of benzene rings is 2. The van der Waals surface area contributed by atoms with Gasteiger partial charge in [-0.05, 0) is 31.2 Å². The number of ether oxygens (including phenoxy) is 3. The van der Waals surface area contributed by atoms with Crippen LogP contribution in [0, 0.1) is 0 Å². The first-order valence-corrected chi connectivity index (χ1v) is 9.97. The highest BCUT2D eigenvalue weighted by Gasteiger charge is 2.24. The summed E-state index contributed by atoms with van der Waals surface area (Å²) in [6.07, 6.45) is 0. The highest BCUT2D eigenvalue weighted by Crippen LogP contribution is 2.30. The number of amides is 1. The van der Waals surface area contributed by atoms with E-state index in [9.17, 15) is 13.2 Å². The number of para-hydroxylation sites is 2. The van der Waals surface area contributed by atoms with E-state index < -0.39 is 15.9 Å². The number of anilines is 1. The molecule has 0 aliphatic carbocycles. The summed E-state index contributed by atoms with van der Waals surface area (Å²) in [7, 11) is 0.314. The smallest absolute Gasteiger partial charge is 0.243 e. The van der Waals surface area contributed by atoms with Crippen LogP contribution in [0.2, 0.25) is 0 Å². The van der Waals surface area contributed by atoms with Gasteiger partial charge in [0.25, 0.3) is 0 Å². The van der Waals surface area contributed by atoms with E-state index in [1.54, 1.807) is 24.3 Å². The number of nitrogens with one attached hydrogen (secondary N) is 1. The molecule has 1 N–H and O–H groups in total. The van der Waals surface area contributed by atoms with Crippen molar-refractivity contribution in [3.63, 3.8) is 0 Å². The Morgan fingerprint density at radius 2 is 1.71 bits per heavy atom. The fourth-order valence-electron chi connectivity index (χ4n) is 2.49. The lowest BCUT2D eigenvalue weighted by Crippen LogP contribution is -2.35. The molecule has 28 heavy (non-hydrogen) atoms. The lowest BCUT2D eigenvalue weighted by atomic mass is 10.3. The summed E-state index contributed by atoms with van der Waals surface area (Å²) in [5, 5.41) is 2.68. The van der Waals surface area contributed by atoms with Crippen LogP contribution in [0.25, 0.3) is 0 Å². The second-order valence-electron chi connectivity index (χ2n) is 5.76. The Morgan fingerprint density at radius 1 is 1.04 bits per heavy atom. The van der Waals surface area contributed by atoms with E-state index in [-0.39, 0.29) is 17.2 Å². The minimum Gasteiger partial charge on any atom is -0.493 e. The predicted octanol–water partition coefficient (Wildman–Crippen LogP) is 2.36. The zero-order chi connectivity index (χ0) is 20.7. The van der Waals surface area contributed by atoms with E-state index in [1.807, 2.05) is 6.92 Å². The van der Waals surface area contributed by atoms with Gasteiger partial charge < -0.3 is 19.5 Å². The maximum Gasteiger partial charge on any atom is 0.243 e. The van der Waals surface area contributed by atoms with Crippen molar-refractivity contribution in [2.45, 2.75) is 11.8 Å². The molecular formula is C19H24N2O6S. The molecule has 0 aliphatic heterocycles. The molecule has 0 fully saturated rings. The van der Waals surface area contributed by atoms with Crippen LogP contribution in [0.3, 0.4) is 0 Å². The van der Waals surface area contributed by atoms with Gasteiger partial charge in [0.1, 0.15) is 5.75 Å². The van der Waals surface area contributed by atoms with Gasteiger partial charge in [0.05, 0.1) is 38.0 Å². The number of likely N-dealkylation sites (N-methyl/N-ethyl adjacent to an activating group) is 1. The van der Waals surface area contributed by atoms with E-state index >= 15 is 0 Å². The number of carbonyl (C=O) groups is 1. The largest absolute Gasteiger partial charge is 0.493 e. The van der Waals surface area contributed by atoms with Crippen molar-refractivity contribution in [3.8, 4) is 17.2 Å². The first-order valence-electron chi connectivity index (χ1n) is 8.53. The minimum absolute atomic E-state index is 0.00448. The summed E-state index contributed by atoms with van der Waals surface area (Å²) >= 11 is 0. The SMILES string of the molecule is CCOc1ccccc1NC(=O)CN(C)S(=O)(=O)c1ccc(OC)c(OC)c1. The van der Waals surface area contributed by atoms with Gasteiger partial charge in [0.2, 0.25) is 15.9 Å². The normalized spacial score (nSPS) is 11.2. The number of sulfonamides is 1. The zero-order valence-corrected chi connectivity index (χ0v) is 17.1. The monoisotopic (exact) mass is 408 g/mol. The van der Waals surface area contributed by atoms with Crippen molar-refractivity contribution in [2.24, 2.45) is 0 Å². The fourth-order valence-corrected chi connectivity index (χ4v) is 3.63. The topological polar surface area (TPSA) is 94.2 Å². The number of hydrogen-bond acceptors (Lipinski definition) is 6. The van der Waals surface area contributed by atoms with Crippen LogP contribution in [-0.4, -0.2) is 53.0 Å². The summed E-state index contributed by atoms with van der Waals surface area (Å²) in [4.78, 5) is 12.4. The third-order valence-corrected chi connectivity index (χ3v) is 5.69. The summed E-state index contributed by atoms with van der Waals surface area (Å²) in [5.74, 6) is 0.726. The maximum atomic E-state index is 12.8. The molecule has 0 aromatic heterocycles. The summed E-state index contributed by atoms with van der Waals surface area (Å²) in [6, 6.07) is 11.2. The molecule has 0 heterocycles. The van der Waals surface area contributed by atoms with Gasteiger partial charge in [-0.2, -0.15) is 4.31 Å². The Morgan fingerprint density at radius 3 is 2.36 bits per heavy atom. The van der Waals surface area contributed by atoms with Crippen LogP contribution < -0.4 is 19.5 Å². The van der Waals surface area contributed by atoms with Crippen LogP contribution in [0.1, 0.15) is 6.92 Å². The van der Waals surface area contributed by atoms with Gasteiger partial charge >= 0.3 is 0 Å². The van der Waals surface area contributed by atoms with Gasteiger partial charge in [-0.15, -0.1) is 0 Å². The summed E-state index contributed by atoms with van der Waals surface area (Å²) in [6.45, 7) is 1.92. The maximum absolute atomic E-state index is 12.8. The van der Waals surface area contributed by atoms with Crippen molar-refractivity contribution in [1.82, 2.24) is 4.31 Å². The number of methoxy groups -OCH3 is 2. The average Bonchev–Trinajstić information content (AvgIpc) is 2.68. The Balaban J connectivity index is 2.15. The van der Waals surface area contributed by atoms with Gasteiger partial charge in [0.15, 0.2) is 11.5 Å². The van der Waals surface area contributed by atoms with E-state index in [0.29, 0.717) is 23.8 Å². The van der Waals surface area contributed by atoms with Crippen LogP contribution in [0.15, 0.2) is 47.4 Å². The Hall–Kier alpha value is -2.78. The number of nitrogens with zero attached hydrogens (tertiary/aromatic N) is 1. The molecule has 2 aromatic rings. The van der Waals surface area contributed by atoms with Crippen molar-refractivity contribution >= 4 is 21.6 Å². The molecule has 0 radical (unpaired) electrons. The predicted molar refractivity (Wildman–Crippen MR) is 106 cm³/mol. The standard InChI is InChI=1S/C19H24N2O6S/c1-5-27-16-9-7-6-8-15(16)20-19(22)13-21(2)28(23,24)14-10-11-17(25-3)18(12-14)26-4/h6-12H,5,13H2,1-4H3,(H,20,22).